The number of alkyl halides is 3. The molecule has 0 aromatic heterocycles. The molecule has 27 heavy (non-hydrogen) atoms. The number of nitrogens with zero attached hydrogens (tertiary/aromatic N) is 1. The maximum absolute atomic E-state index is 13.9. The summed E-state index contributed by atoms with van der Waals surface area (Å²) < 4.78 is 41.7. The fourth-order valence-electron chi connectivity index (χ4n) is 3.54. The van der Waals surface area contributed by atoms with Crippen LogP contribution in [0.4, 0.5) is 13.2 Å². The minimum atomic E-state index is -4.50. The molecule has 2 aromatic carbocycles. The Morgan fingerprint density at radius 3 is 2.44 bits per heavy atom. The summed E-state index contributed by atoms with van der Waals surface area (Å²) in [6.07, 6.45) is -1.47. The molecule has 1 fully saturated rings. The molecule has 0 saturated carbocycles. The second-order valence-corrected chi connectivity index (χ2v) is 7.94. The third-order valence-corrected chi connectivity index (χ3v) is 5.11. The molecule has 1 N–H and O–H groups in total. The van der Waals surface area contributed by atoms with Gasteiger partial charge in [-0.3, -0.25) is 10.2 Å². The van der Waals surface area contributed by atoms with Crippen LogP contribution in [-0.4, -0.2) is 23.6 Å². The molecule has 0 aliphatic carbocycles. The quantitative estimate of drug-likeness (QED) is 0.780. The van der Waals surface area contributed by atoms with E-state index in [2.05, 4.69) is 12.3 Å². The van der Waals surface area contributed by atoms with Crippen molar-refractivity contribution in [1.29, 1.82) is 0 Å². The Morgan fingerprint density at radius 2 is 1.85 bits per heavy atom. The molecular formula is C21H25F3N2O. The summed E-state index contributed by atoms with van der Waals surface area (Å²) >= 11 is 0. The summed E-state index contributed by atoms with van der Waals surface area (Å²) in [6.45, 7) is 5.41. The smallest absolute Gasteiger partial charge is 0.287 e. The number of hydrogen-bond donors (Lipinski definition) is 1. The van der Waals surface area contributed by atoms with Gasteiger partial charge in [0, 0.05) is 6.54 Å². The van der Waals surface area contributed by atoms with Crippen LogP contribution in [0.1, 0.15) is 50.8 Å². The Kier molecular flexibility index (Phi) is 5.21. The summed E-state index contributed by atoms with van der Waals surface area (Å²) in [7, 11) is 0. The maximum Gasteiger partial charge on any atom is 0.409 e. The molecule has 146 valence electrons. The van der Waals surface area contributed by atoms with Gasteiger partial charge >= 0.3 is 6.18 Å². The fraction of sp³-hybridized carbons (Fsp3) is 0.476. The van der Waals surface area contributed by atoms with E-state index in [1.807, 2.05) is 18.2 Å². The van der Waals surface area contributed by atoms with Crippen LogP contribution < -0.4 is 5.43 Å². The monoisotopic (exact) mass is 378 g/mol. The number of hydrazine groups is 1. The van der Waals surface area contributed by atoms with Gasteiger partial charge in [0.25, 0.3) is 0 Å². The highest BCUT2D eigenvalue weighted by atomic mass is 19.4. The fourth-order valence-corrected chi connectivity index (χ4v) is 3.54. The number of hydrogen-bond acceptors (Lipinski definition) is 2. The van der Waals surface area contributed by atoms with Crippen LogP contribution in [0.15, 0.2) is 36.4 Å². The van der Waals surface area contributed by atoms with E-state index < -0.39 is 17.6 Å². The lowest BCUT2D eigenvalue weighted by Crippen LogP contribution is -2.43. The molecular weight excluding hydrogens is 353 g/mol. The Morgan fingerprint density at radius 1 is 1.15 bits per heavy atom. The number of fused-ring (bicyclic) bond motifs is 1. The van der Waals surface area contributed by atoms with Crippen molar-refractivity contribution in [2.24, 2.45) is 5.41 Å². The third-order valence-electron chi connectivity index (χ3n) is 5.11. The molecule has 6 heteroatoms. The zero-order valence-electron chi connectivity index (χ0n) is 15.9. The van der Waals surface area contributed by atoms with Crippen molar-refractivity contribution >= 4 is 16.7 Å². The topological polar surface area (TPSA) is 32.3 Å². The molecule has 2 aromatic rings. The highest BCUT2D eigenvalue weighted by Gasteiger charge is 2.51. The Hall–Kier alpha value is -2.08. The first kappa shape index (κ1) is 19.7. The Bertz CT molecular complexity index is 845. The lowest BCUT2D eigenvalue weighted by molar-refractivity contribution is -0.191. The Labute approximate surface area is 157 Å². The molecule has 1 atom stereocenters. The Balaban J connectivity index is 1.99. The summed E-state index contributed by atoms with van der Waals surface area (Å²) in [5.41, 5.74) is 2.82. The molecule has 1 aliphatic rings. The summed E-state index contributed by atoms with van der Waals surface area (Å²) in [6, 6.07) is 8.90. The maximum atomic E-state index is 13.9. The van der Waals surface area contributed by atoms with Gasteiger partial charge in [-0.25, -0.2) is 5.01 Å². The van der Waals surface area contributed by atoms with Gasteiger partial charge in [0.15, 0.2) is 0 Å². The normalized spacial score (nSPS) is 18.7. The minimum absolute atomic E-state index is 0.00455. The van der Waals surface area contributed by atoms with Crippen molar-refractivity contribution in [3.8, 4) is 0 Å². The number of carbonyl (C=O) groups is 1. The molecule has 1 aliphatic heterocycles. The lowest BCUT2D eigenvalue weighted by atomic mass is 9.93. The van der Waals surface area contributed by atoms with Gasteiger partial charge in [-0.1, -0.05) is 43.7 Å². The number of halogens is 3. The first-order valence-corrected chi connectivity index (χ1v) is 9.29. The van der Waals surface area contributed by atoms with Crippen LogP contribution in [0.2, 0.25) is 0 Å². The molecule has 1 heterocycles. The predicted molar refractivity (Wildman–Crippen MR) is 100.0 cm³/mol. The second-order valence-electron chi connectivity index (χ2n) is 7.94. The number of benzene rings is 2. The number of nitrogens with one attached hydrogen (secondary N) is 1. The van der Waals surface area contributed by atoms with Crippen molar-refractivity contribution < 1.29 is 18.0 Å². The highest BCUT2D eigenvalue weighted by Crippen LogP contribution is 2.41. The molecule has 1 amide bonds. The number of amides is 1. The number of rotatable bonds is 5. The van der Waals surface area contributed by atoms with Crippen molar-refractivity contribution in [2.45, 2.75) is 52.3 Å². The van der Waals surface area contributed by atoms with E-state index in [9.17, 15) is 18.0 Å². The average Bonchev–Trinajstić information content (AvgIpc) is 2.83. The van der Waals surface area contributed by atoms with E-state index in [0.717, 1.165) is 40.6 Å². The van der Waals surface area contributed by atoms with E-state index in [-0.39, 0.29) is 18.0 Å². The van der Waals surface area contributed by atoms with E-state index in [0.29, 0.717) is 0 Å². The van der Waals surface area contributed by atoms with Crippen LogP contribution in [0, 0.1) is 5.41 Å². The molecule has 1 unspecified atom stereocenters. The molecule has 1 saturated heterocycles. The average molecular weight is 378 g/mol. The minimum Gasteiger partial charge on any atom is -0.287 e. The van der Waals surface area contributed by atoms with Crippen molar-refractivity contribution in [3.63, 3.8) is 0 Å². The second kappa shape index (κ2) is 7.15. The summed E-state index contributed by atoms with van der Waals surface area (Å²) in [5.74, 6) is -0.389. The van der Waals surface area contributed by atoms with Gasteiger partial charge in [-0.05, 0) is 54.7 Å². The van der Waals surface area contributed by atoms with Crippen LogP contribution in [0.5, 0.6) is 0 Å². The molecule has 0 bridgehead atoms. The van der Waals surface area contributed by atoms with Gasteiger partial charge in [0.1, 0.15) is 6.04 Å². The largest absolute Gasteiger partial charge is 0.409 e. The van der Waals surface area contributed by atoms with Gasteiger partial charge in [-0.15, -0.1) is 0 Å². The first-order chi connectivity index (χ1) is 12.6. The van der Waals surface area contributed by atoms with Crippen LogP contribution in [0.3, 0.4) is 0 Å². The van der Waals surface area contributed by atoms with Crippen molar-refractivity contribution in [2.75, 3.05) is 6.54 Å². The third kappa shape index (κ3) is 4.10. The van der Waals surface area contributed by atoms with Gasteiger partial charge < -0.3 is 0 Å². The highest BCUT2D eigenvalue weighted by molar-refractivity contribution is 5.85. The van der Waals surface area contributed by atoms with Gasteiger partial charge in [0.05, 0.1) is 5.41 Å². The standard InChI is InChI=1S/C21H25F3N2O/c1-4-5-6-14-7-8-15-9-10-16(12-17(15)11-14)18(21(22,23)24)26-13-20(2,3)19(27)25-26/h7-12,18H,4-6,13H2,1-3H3,(H,25,27). The molecule has 0 radical (unpaired) electrons. The molecule has 3 nitrogen and oxygen atoms in total. The number of carbonyl (C=O) groups excluding carboxylic acids is 1. The van der Waals surface area contributed by atoms with Gasteiger partial charge in [-0.2, -0.15) is 13.2 Å². The summed E-state index contributed by atoms with van der Waals surface area (Å²) in [4.78, 5) is 12.0. The molecule has 0 spiro atoms. The van der Waals surface area contributed by atoms with Gasteiger partial charge in [0.2, 0.25) is 5.91 Å². The zero-order valence-corrected chi connectivity index (χ0v) is 15.9. The van der Waals surface area contributed by atoms with E-state index >= 15 is 0 Å². The number of unbranched alkanes of at least 4 members (excludes halogenated alkanes) is 1. The lowest BCUT2D eigenvalue weighted by Gasteiger charge is -2.30. The van der Waals surface area contributed by atoms with E-state index in [4.69, 9.17) is 0 Å². The van der Waals surface area contributed by atoms with Crippen molar-refractivity contribution in [1.82, 2.24) is 10.4 Å². The van der Waals surface area contributed by atoms with E-state index in [1.165, 1.54) is 6.07 Å². The van der Waals surface area contributed by atoms with Crippen LogP contribution >= 0.6 is 0 Å². The van der Waals surface area contributed by atoms with Crippen molar-refractivity contribution in [3.05, 3.63) is 47.5 Å². The SMILES string of the molecule is CCCCc1ccc2ccc(C(N3CC(C)(C)C(=O)N3)C(F)(F)F)cc2c1. The first-order valence-electron chi connectivity index (χ1n) is 9.29. The van der Waals surface area contributed by atoms with Crippen LogP contribution in [-0.2, 0) is 11.2 Å². The zero-order chi connectivity index (χ0) is 19.8. The van der Waals surface area contributed by atoms with E-state index in [1.54, 1.807) is 26.0 Å². The predicted octanol–water partition coefficient (Wildman–Crippen LogP) is 5.16. The molecule has 3 rings (SSSR count). The van der Waals surface area contributed by atoms with Crippen LogP contribution in [0.25, 0.3) is 10.8 Å². The summed E-state index contributed by atoms with van der Waals surface area (Å²) in [5, 5.41) is 2.72. The number of aryl methyl sites for hydroxylation is 1.